The van der Waals surface area contributed by atoms with Crippen molar-refractivity contribution in [2.75, 3.05) is 25.1 Å². The normalized spacial score (nSPS) is 14.4. The van der Waals surface area contributed by atoms with E-state index in [-0.39, 0.29) is 28.7 Å². The molecule has 10 nitrogen and oxygen atoms in total. The number of anilines is 1. The Labute approximate surface area is 204 Å². The van der Waals surface area contributed by atoms with Gasteiger partial charge in [0.15, 0.2) is 5.82 Å². The third-order valence-corrected chi connectivity index (χ3v) is 7.13. The number of carbonyl (C=O) groups is 2. The van der Waals surface area contributed by atoms with Crippen LogP contribution in [0.1, 0.15) is 59.7 Å². The lowest BCUT2D eigenvalue weighted by molar-refractivity contribution is -0.123. The number of benzene rings is 1. The molecule has 0 bridgehead atoms. The van der Waals surface area contributed by atoms with Crippen LogP contribution in [0.4, 0.5) is 5.82 Å². The smallest absolute Gasteiger partial charge is 0.341 e. The van der Waals surface area contributed by atoms with E-state index < -0.39 is 27.8 Å². The fraction of sp³-hybridized carbons (Fsp3) is 0.417. The first kappa shape index (κ1) is 26.0. The van der Waals surface area contributed by atoms with Crippen molar-refractivity contribution in [1.29, 1.82) is 5.26 Å². The van der Waals surface area contributed by atoms with Crippen molar-refractivity contribution in [1.82, 2.24) is 9.71 Å². The number of pyridine rings is 1. The van der Waals surface area contributed by atoms with E-state index in [4.69, 9.17) is 4.74 Å². The highest BCUT2D eigenvalue weighted by Gasteiger charge is 2.33. The number of carbonyl (C=O) groups excluding carboxylic acids is 1. The summed E-state index contributed by atoms with van der Waals surface area (Å²) in [5, 5.41) is 19.5. The van der Waals surface area contributed by atoms with Gasteiger partial charge < -0.3 is 14.7 Å². The number of ether oxygens (including phenoxy) is 1. The second-order valence-electron chi connectivity index (χ2n) is 8.65. The maximum atomic E-state index is 12.7. The molecule has 3 rings (SSSR count). The van der Waals surface area contributed by atoms with Gasteiger partial charge in [0.25, 0.3) is 0 Å². The average Bonchev–Trinajstić information content (AvgIpc) is 2.82. The van der Waals surface area contributed by atoms with Crippen LogP contribution in [0.5, 0.6) is 5.88 Å². The number of nitriles is 1. The number of nitrogens with zero attached hydrogens (tertiary/aromatic N) is 3. The highest BCUT2D eigenvalue weighted by Crippen LogP contribution is 2.36. The van der Waals surface area contributed by atoms with Gasteiger partial charge >= 0.3 is 5.97 Å². The minimum absolute atomic E-state index is 0.0814. The molecule has 0 spiro atoms. The molecular weight excluding hydrogens is 472 g/mol. The number of methoxy groups -OCH3 is 1. The third kappa shape index (κ3) is 5.89. The zero-order valence-corrected chi connectivity index (χ0v) is 20.6. The molecule has 2 aromatic rings. The highest BCUT2D eigenvalue weighted by molar-refractivity contribution is 7.89. The molecule has 1 saturated heterocycles. The van der Waals surface area contributed by atoms with Crippen LogP contribution in [-0.4, -0.2) is 50.6 Å². The molecule has 2 N–H and O–H groups in total. The summed E-state index contributed by atoms with van der Waals surface area (Å²) < 4.78 is 32.3. The Kier molecular flexibility index (Phi) is 7.96. The standard InChI is InChI=1S/C24H28N4O6S/c1-15(2)19-18(13-25)21(26-23(34-3)20(19)24(30)31)28-11-9-17(10-12-28)22(29)27-35(32,33)14-16-7-5-4-6-8-16/h4-8,15,17H,9-12,14H2,1-3H3,(H,27,29)(H,30,31). The molecule has 11 heteroatoms. The third-order valence-electron chi connectivity index (χ3n) is 5.90. The van der Waals surface area contributed by atoms with Gasteiger partial charge in [0, 0.05) is 19.0 Å². The van der Waals surface area contributed by atoms with Crippen LogP contribution >= 0.6 is 0 Å². The van der Waals surface area contributed by atoms with Crippen molar-refractivity contribution in [3.63, 3.8) is 0 Å². The van der Waals surface area contributed by atoms with Crippen molar-refractivity contribution in [3.8, 4) is 11.9 Å². The Morgan fingerprint density at radius 2 is 1.89 bits per heavy atom. The zero-order valence-electron chi connectivity index (χ0n) is 19.8. The summed E-state index contributed by atoms with van der Waals surface area (Å²) in [5.41, 5.74) is 0.943. The first-order valence-corrected chi connectivity index (χ1v) is 12.8. The highest BCUT2D eigenvalue weighted by atomic mass is 32.2. The van der Waals surface area contributed by atoms with Crippen LogP contribution in [0.2, 0.25) is 0 Å². The van der Waals surface area contributed by atoms with Gasteiger partial charge in [-0.05, 0) is 29.9 Å². The summed E-state index contributed by atoms with van der Waals surface area (Å²) in [5.74, 6) is -2.65. The molecule has 1 fully saturated rings. The number of nitrogens with one attached hydrogen (secondary N) is 1. The Bertz CT molecular complexity index is 1250. The summed E-state index contributed by atoms with van der Waals surface area (Å²) >= 11 is 0. The van der Waals surface area contributed by atoms with Crippen LogP contribution in [0, 0.1) is 17.2 Å². The number of carboxylic acids is 1. The van der Waals surface area contributed by atoms with E-state index in [1.165, 1.54) is 7.11 Å². The van der Waals surface area contributed by atoms with Crippen molar-refractivity contribution in [2.24, 2.45) is 5.92 Å². The molecule has 0 unspecified atom stereocenters. The van der Waals surface area contributed by atoms with Crippen LogP contribution in [-0.2, 0) is 20.6 Å². The van der Waals surface area contributed by atoms with Crippen LogP contribution < -0.4 is 14.4 Å². The van der Waals surface area contributed by atoms with Gasteiger partial charge in [-0.15, -0.1) is 0 Å². The van der Waals surface area contributed by atoms with Gasteiger partial charge in [-0.25, -0.2) is 13.2 Å². The number of amides is 1. The molecule has 2 heterocycles. The molecule has 0 atom stereocenters. The molecule has 1 aliphatic rings. The Morgan fingerprint density at radius 3 is 2.40 bits per heavy atom. The van der Waals surface area contributed by atoms with Crippen molar-refractivity contribution in [3.05, 3.63) is 52.6 Å². The van der Waals surface area contributed by atoms with E-state index in [2.05, 4.69) is 15.8 Å². The van der Waals surface area contributed by atoms with E-state index in [1.807, 2.05) is 0 Å². The van der Waals surface area contributed by atoms with Crippen LogP contribution in [0.3, 0.4) is 0 Å². The molecule has 1 aromatic carbocycles. The Balaban J connectivity index is 1.77. The molecule has 1 amide bonds. The second-order valence-corrected chi connectivity index (χ2v) is 10.4. The number of rotatable bonds is 8. The monoisotopic (exact) mass is 500 g/mol. The molecule has 0 radical (unpaired) electrons. The average molecular weight is 501 g/mol. The largest absolute Gasteiger partial charge is 0.480 e. The van der Waals surface area contributed by atoms with Gasteiger partial charge in [-0.3, -0.25) is 9.52 Å². The quantitative estimate of drug-likeness (QED) is 0.557. The lowest BCUT2D eigenvalue weighted by Gasteiger charge is -2.33. The van der Waals surface area contributed by atoms with E-state index in [0.717, 1.165) is 0 Å². The first-order valence-electron chi connectivity index (χ1n) is 11.2. The van der Waals surface area contributed by atoms with Gasteiger partial charge in [-0.2, -0.15) is 10.2 Å². The number of aromatic carboxylic acids is 1. The number of hydrogen-bond acceptors (Lipinski definition) is 8. The van der Waals surface area contributed by atoms with Crippen molar-refractivity contribution in [2.45, 2.75) is 38.4 Å². The lowest BCUT2D eigenvalue weighted by Crippen LogP contribution is -2.43. The first-order chi connectivity index (χ1) is 16.6. The molecule has 186 valence electrons. The Morgan fingerprint density at radius 1 is 1.26 bits per heavy atom. The number of aromatic nitrogens is 1. The maximum absolute atomic E-state index is 12.7. The molecule has 35 heavy (non-hydrogen) atoms. The lowest BCUT2D eigenvalue weighted by atomic mass is 9.91. The topological polar surface area (TPSA) is 150 Å². The molecular formula is C24H28N4O6S. The molecule has 1 aliphatic heterocycles. The van der Waals surface area contributed by atoms with Gasteiger partial charge in [0.2, 0.25) is 21.8 Å². The summed E-state index contributed by atoms with van der Waals surface area (Å²) in [6.45, 7) is 4.26. The number of sulfonamides is 1. The zero-order chi connectivity index (χ0) is 25.8. The molecule has 0 aliphatic carbocycles. The predicted octanol–water partition coefficient (Wildman–Crippen LogP) is 2.65. The minimum atomic E-state index is -3.84. The predicted molar refractivity (Wildman–Crippen MR) is 129 cm³/mol. The van der Waals surface area contributed by atoms with E-state index >= 15 is 0 Å². The van der Waals surface area contributed by atoms with Gasteiger partial charge in [0.05, 0.1) is 18.4 Å². The van der Waals surface area contributed by atoms with Crippen LogP contribution in [0.15, 0.2) is 30.3 Å². The fourth-order valence-corrected chi connectivity index (χ4v) is 5.44. The fourth-order valence-electron chi connectivity index (χ4n) is 4.26. The summed E-state index contributed by atoms with van der Waals surface area (Å²) in [4.78, 5) is 30.7. The van der Waals surface area contributed by atoms with Gasteiger partial charge in [-0.1, -0.05) is 44.2 Å². The number of hydrogen-bond donors (Lipinski definition) is 2. The number of piperidine rings is 1. The SMILES string of the molecule is COc1nc(N2CCC(C(=O)NS(=O)(=O)Cc3ccccc3)CC2)c(C#N)c(C(C)C)c1C(=O)O. The van der Waals surface area contributed by atoms with Gasteiger partial charge in [0.1, 0.15) is 11.6 Å². The second kappa shape index (κ2) is 10.7. The number of carboxylic acid groups (broad SMARTS) is 1. The van der Waals surface area contributed by atoms with Crippen LogP contribution in [0.25, 0.3) is 0 Å². The van der Waals surface area contributed by atoms with E-state index in [9.17, 15) is 28.4 Å². The Hall–Kier alpha value is -3.65. The minimum Gasteiger partial charge on any atom is -0.480 e. The van der Waals surface area contributed by atoms with Crippen molar-refractivity contribution >= 4 is 27.7 Å². The summed E-state index contributed by atoms with van der Waals surface area (Å²) in [6, 6.07) is 10.7. The molecule has 1 aromatic heterocycles. The summed E-state index contributed by atoms with van der Waals surface area (Å²) in [6.07, 6.45) is 0.693. The van der Waals surface area contributed by atoms with E-state index in [1.54, 1.807) is 49.1 Å². The van der Waals surface area contributed by atoms with Crippen molar-refractivity contribution < 1.29 is 27.9 Å². The maximum Gasteiger partial charge on any atom is 0.341 e. The summed E-state index contributed by atoms with van der Waals surface area (Å²) in [7, 11) is -2.52. The molecule has 0 saturated carbocycles. The van der Waals surface area contributed by atoms with E-state index in [0.29, 0.717) is 42.9 Å².